The average Bonchev–Trinajstić information content (AvgIpc) is 2.18. The Balaban J connectivity index is 3.14. The third-order valence-corrected chi connectivity index (χ3v) is 1.37. The summed E-state index contributed by atoms with van der Waals surface area (Å²) in [5.41, 5.74) is 5.19. The third kappa shape index (κ3) is 9.02. The lowest BCUT2D eigenvalue weighted by atomic mass is 10.4. The summed E-state index contributed by atoms with van der Waals surface area (Å²) in [5.74, 6) is -0.128. The monoisotopic (exact) mass is 202 g/mol. The van der Waals surface area contributed by atoms with Gasteiger partial charge in [0.15, 0.2) is 0 Å². The topological polar surface area (TPSA) is 73.6 Å². The molecule has 14 heavy (non-hydrogen) atoms. The Hall–Kier alpha value is -1.07. The van der Waals surface area contributed by atoms with Gasteiger partial charge in [0, 0.05) is 13.1 Å². The average molecular weight is 202 g/mol. The molecule has 3 N–H and O–H groups in total. The van der Waals surface area contributed by atoms with Crippen LogP contribution in [-0.2, 0) is 14.3 Å². The fraction of sp³-hybridized carbons (Fsp3) is 0.667. The molecule has 0 rings (SSSR count). The van der Waals surface area contributed by atoms with Gasteiger partial charge < -0.3 is 20.5 Å². The summed E-state index contributed by atoms with van der Waals surface area (Å²) < 4.78 is 9.82. The van der Waals surface area contributed by atoms with E-state index in [0.717, 1.165) is 6.42 Å². The minimum atomic E-state index is -0.128. The molecular weight excluding hydrogens is 184 g/mol. The third-order valence-electron chi connectivity index (χ3n) is 1.37. The highest BCUT2D eigenvalue weighted by atomic mass is 16.5. The second kappa shape index (κ2) is 10.0. The van der Waals surface area contributed by atoms with Crippen LogP contribution in [0.5, 0.6) is 0 Å². The Morgan fingerprint density at radius 3 is 2.93 bits per heavy atom. The molecule has 0 unspecified atom stereocenters. The summed E-state index contributed by atoms with van der Waals surface area (Å²) in [6.07, 6.45) is 2.14. The standard InChI is InChI=1S/C9H18N2O3/c1-2-13-6-3-5-11-9(12)8-14-7-4-10/h2H,1,3-8,10H2,(H,11,12). The molecule has 5 nitrogen and oxygen atoms in total. The Kier molecular flexibility index (Phi) is 9.25. The molecule has 0 aromatic carbocycles. The Morgan fingerprint density at radius 2 is 2.29 bits per heavy atom. The zero-order valence-corrected chi connectivity index (χ0v) is 8.33. The van der Waals surface area contributed by atoms with E-state index in [2.05, 4.69) is 11.9 Å². The normalized spacial score (nSPS) is 9.50. The predicted molar refractivity (Wildman–Crippen MR) is 53.6 cm³/mol. The lowest BCUT2D eigenvalue weighted by Crippen LogP contribution is -2.29. The van der Waals surface area contributed by atoms with Crippen molar-refractivity contribution < 1.29 is 14.3 Å². The molecule has 82 valence electrons. The smallest absolute Gasteiger partial charge is 0.246 e. The van der Waals surface area contributed by atoms with Crippen LogP contribution in [0.4, 0.5) is 0 Å². The number of carbonyl (C=O) groups excluding carboxylic acids is 1. The van der Waals surface area contributed by atoms with Gasteiger partial charge in [-0.3, -0.25) is 4.79 Å². The molecule has 0 aliphatic rings. The Morgan fingerprint density at radius 1 is 1.50 bits per heavy atom. The fourth-order valence-corrected chi connectivity index (χ4v) is 0.766. The quantitative estimate of drug-likeness (QED) is 0.395. The van der Waals surface area contributed by atoms with Crippen molar-refractivity contribution in [3.05, 3.63) is 12.8 Å². The van der Waals surface area contributed by atoms with Crippen LogP contribution in [-0.4, -0.2) is 38.8 Å². The maximum atomic E-state index is 11.0. The molecule has 0 saturated heterocycles. The first-order valence-corrected chi connectivity index (χ1v) is 4.58. The van der Waals surface area contributed by atoms with E-state index in [-0.39, 0.29) is 12.5 Å². The molecule has 5 heteroatoms. The van der Waals surface area contributed by atoms with Gasteiger partial charge in [-0.25, -0.2) is 0 Å². The molecular formula is C9H18N2O3. The van der Waals surface area contributed by atoms with Crippen LogP contribution in [0.1, 0.15) is 6.42 Å². The van der Waals surface area contributed by atoms with Crippen LogP contribution in [0.25, 0.3) is 0 Å². The van der Waals surface area contributed by atoms with E-state index in [1.807, 2.05) is 0 Å². The summed E-state index contributed by atoms with van der Waals surface area (Å²) in [4.78, 5) is 11.0. The molecule has 0 radical (unpaired) electrons. The van der Waals surface area contributed by atoms with E-state index >= 15 is 0 Å². The van der Waals surface area contributed by atoms with Gasteiger partial charge in [0.05, 0.1) is 19.5 Å². The van der Waals surface area contributed by atoms with Crippen molar-refractivity contribution in [2.24, 2.45) is 5.73 Å². The van der Waals surface area contributed by atoms with Crippen molar-refractivity contribution in [2.75, 3.05) is 32.9 Å². The summed E-state index contributed by atoms with van der Waals surface area (Å²) >= 11 is 0. The van der Waals surface area contributed by atoms with Crippen molar-refractivity contribution in [3.8, 4) is 0 Å². The van der Waals surface area contributed by atoms with Crippen LogP contribution >= 0.6 is 0 Å². The highest BCUT2D eigenvalue weighted by Crippen LogP contribution is 1.81. The number of hydrogen-bond acceptors (Lipinski definition) is 4. The molecule has 0 aromatic rings. The zero-order valence-electron chi connectivity index (χ0n) is 8.33. The second-order valence-corrected chi connectivity index (χ2v) is 2.58. The van der Waals surface area contributed by atoms with Crippen LogP contribution in [0, 0.1) is 0 Å². The Labute approximate surface area is 84.2 Å². The lowest BCUT2D eigenvalue weighted by molar-refractivity contribution is -0.125. The molecule has 0 aliphatic heterocycles. The molecule has 0 spiro atoms. The van der Waals surface area contributed by atoms with Gasteiger partial charge in [-0.15, -0.1) is 0 Å². The van der Waals surface area contributed by atoms with Crippen LogP contribution < -0.4 is 11.1 Å². The molecule has 0 heterocycles. The highest BCUT2D eigenvalue weighted by Gasteiger charge is 1.98. The summed E-state index contributed by atoms with van der Waals surface area (Å²) in [6.45, 7) is 5.46. The van der Waals surface area contributed by atoms with E-state index in [4.69, 9.17) is 15.2 Å². The van der Waals surface area contributed by atoms with Crippen molar-refractivity contribution in [1.82, 2.24) is 5.32 Å². The molecule has 0 atom stereocenters. The summed E-state index contributed by atoms with van der Waals surface area (Å²) in [5, 5.41) is 2.68. The van der Waals surface area contributed by atoms with E-state index in [9.17, 15) is 4.79 Å². The summed E-state index contributed by atoms with van der Waals surface area (Å²) in [7, 11) is 0. The zero-order chi connectivity index (χ0) is 10.6. The van der Waals surface area contributed by atoms with E-state index in [1.165, 1.54) is 6.26 Å². The largest absolute Gasteiger partial charge is 0.502 e. The number of hydrogen-bond donors (Lipinski definition) is 2. The number of rotatable bonds is 9. The van der Waals surface area contributed by atoms with Gasteiger partial charge in [0.2, 0.25) is 5.91 Å². The van der Waals surface area contributed by atoms with Crippen LogP contribution in [0.3, 0.4) is 0 Å². The van der Waals surface area contributed by atoms with Crippen molar-refractivity contribution in [3.63, 3.8) is 0 Å². The molecule has 0 aliphatic carbocycles. The highest BCUT2D eigenvalue weighted by molar-refractivity contribution is 5.77. The van der Waals surface area contributed by atoms with Crippen molar-refractivity contribution in [1.29, 1.82) is 0 Å². The van der Waals surface area contributed by atoms with E-state index < -0.39 is 0 Å². The number of nitrogens with one attached hydrogen (secondary N) is 1. The minimum absolute atomic E-state index is 0.0690. The molecule has 0 fully saturated rings. The maximum absolute atomic E-state index is 11.0. The molecule has 0 saturated carbocycles. The van der Waals surface area contributed by atoms with E-state index in [1.54, 1.807) is 0 Å². The first kappa shape index (κ1) is 12.9. The second-order valence-electron chi connectivity index (χ2n) is 2.58. The lowest BCUT2D eigenvalue weighted by Gasteiger charge is -2.05. The first-order valence-electron chi connectivity index (χ1n) is 4.58. The maximum Gasteiger partial charge on any atom is 0.246 e. The summed E-state index contributed by atoms with van der Waals surface area (Å²) in [6, 6.07) is 0. The van der Waals surface area contributed by atoms with Gasteiger partial charge in [-0.1, -0.05) is 6.58 Å². The van der Waals surface area contributed by atoms with Crippen LogP contribution in [0.2, 0.25) is 0 Å². The molecule has 0 aromatic heterocycles. The number of amides is 1. The predicted octanol–water partition coefficient (Wildman–Crippen LogP) is -0.372. The van der Waals surface area contributed by atoms with Crippen molar-refractivity contribution in [2.45, 2.75) is 6.42 Å². The van der Waals surface area contributed by atoms with E-state index in [0.29, 0.717) is 26.3 Å². The molecule has 1 amide bonds. The van der Waals surface area contributed by atoms with Gasteiger partial charge in [-0.05, 0) is 6.42 Å². The minimum Gasteiger partial charge on any atom is -0.502 e. The number of carbonyl (C=O) groups is 1. The first-order chi connectivity index (χ1) is 6.81. The van der Waals surface area contributed by atoms with Gasteiger partial charge in [0.1, 0.15) is 6.61 Å². The SMILES string of the molecule is C=COCCCNC(=O)COCCN. The van der Waals surface area contributed by atoms with Crippen molar-refractivity contribution >= 4 is 5.91 Å². The Bertz CT molecular complexity index is 162. The number of ether oxygens (including phenoxy) is 2. The van der Waals surface area contributed by atoms with Gasteiger partial charge >= 0.3 is 0 Å². The van der Waals surface area contributed by atoms with Gasteiger partial charge in [0.25, 0.3) is 0 Å². The fourth-order valence-electron chi connectivity index (χ4n) is 0.766. The molecule has 0 bridgehead atoms. The number of nitrogens with two attached hydrogens (primary N) is 1. The van der Waals surface area contributed by atoms with Gasteiger partial charge in [-0.2, -0.15) is 0 Å². The van der Waals surface area contributed by atoms with Crippen LogP contribution in [0.15, 0.2) is 12.8 Å².